The Kier molecular flexibility index (Phi) is 6.25. The van der Waals surface area contributed by atoms with Crippen molar-refractivity contribution in [3.05, 3.63) is 29.3 Å². The number of likely N-dealkylation sites (tertiary alicyclic amines) is 1. The molecule has 1 aliphatic heterocycles. The molecule has 0 bridgehead atoms. The minimum atomic E-state index is 0.213. The molecular formula is C18H28N2O2. The van der Waals surface area contributed by atoms with Crippen molar-refractivity contribution < 1.29 is 9.53 Å². The van der Waals surface area contributed by atoms with E-state index in [1.165, 1.54) is 12.0 Å². The molecule has 1 atom stereocenters. The quantitative estimate of drug-likeness (QED) is 0.878. The molecule has 1 fully saturated rings. The largest absolute Gasteiger partial charge is 0.493 e. The van der Waals surface area contributed by atoms with Crippen LogP contribution in [0.15, 0.2) is 18.2 Å². The molecule has 1 amide bonds. The summed E-state index contributed by atoms with van der Waals surface area (Å²) in [4.78, 5) is 14.3. The molecule has 1 aliphatic rings. The molecule has 122 valence electrons. The van der Waals surface area contributed by atoms with E-state index in [2.05, 4.69) is 18.3 Å². The number of hydrogen-bond acceptors (Lipinski definition) is 3. The number of nitrogens with zero attached hydrogens (tertiary/aromatic N) is 1. The zero-order valence-electron chi connectivity index (χ0n) is 14.0. The van der Waals surface area contributed by atoms with Crippen molar-refractivity contribution in [2.75, 3.05) is 33.3 Å². The average Bonchev–Trinajstić information content (AvgIpc) is 2.50. The first-order chi connectivity index (χ1) is 10.6. The van der Waals surface area contributed by atoms with Crippen LogP contribution in [0.1, 0.15) is 30.4 Å². The number of aryl methyl sites for hydroxylation is 2. The Morgan fingerprint density at radius 2 is 2.23 bits per heavy atom. The van der Waals surface area contributed by atoms with Crippen LogP contribution >= 0.6 is 0 Å². The Balaban J connectivity index is 1.77. The molecule has 1 N–H and O–H groups in total. The zero-order chi connectivity index (χ0) is 15.9. The summed E-state index contributed by atoms with van der Waals surface area (Å²) in [7, 11) is 1.97. The lowest BCUT2D eigenvalue weighted by Gasteiger charge is -2.32. The third-order valence-electron chi connectivity index (χ3n) is 4.27. The summed E-state index contributed by atoms with van der Waals surface area (Å²) in [5.41, 5.74) is 2.35. The Labute approximate surface area is 133 Å². The smallest absolute Gasteiger partial charge is 0.226 e. The van der Waals surface area contributed by atoms with Crippen molar-refractivity contribution in [3.63, 3.8) is 0 Å². The van der Waals surface area contributed by atoms with Gasteiger partial charge in [-0.25, -0.2) is 0 Å². The molecule has 0 saturated carbocycles. The van der Waals surface area contributed by atoms with Gasteiger partial charge in [0.15, 0.2) is 0 Å². The molecule has 0 radical (unpaired) electrons. The monoisotopic (exact) mass is 304 g/mol. The molecular weight excluding hydrogens is 276 g/mol. The van der Waals surface area contributed by atoms with Gasteiger partial charge < -0.3 is 15.0 Å². The van der Waals surface area contributed by atoms with Crippen LogP contribution in [0, 0.1) is 19.8 Å². The van der Waals surface area contributed by atoms with Gasteiger partial charge in [0.25, 0.3) is 0 Å². The van der Waals surface area contributed by atoms with Gasteiger partial charge in [-0.3, -0.25) is 4.79 Å². The van der Waals surface area contributed by atoms with Crippen molar-refractivity contribution >= 4 is 5.91 Å². The Hall–Kier alpha value is -1.55. The Morgan fingerprint density at radius 3 is 2.95 bits per heavy atom. The molecule has 0 aromatic heterocycles. The lowest BCUT2D eigenvalue weighted by Crippen LogP contribution is -2.42. The summed E-state index contributed by atoms with van der Waals surface area (Å²) < 4.78 is 5.77. The van der Waals surface area contributed by atoms with Crippen molar-refractivity contribution in [1.82, 2.24) is 10.2 Å². The third-order valence-corrected chi connectivity index (χ3v) is 4.27. The maximum absolute atomic E-state index is 12.3. The number of carbonyl (C=O) groups is 1. The van der Waals surface area contributed by atoms with E-state index in [0.717, 1.165) is 37.4 Å². The highest BCUT2D eigenvalue weighted by Crippen LogP contribution is 2.20. The molecule has 2 rings (SSSR count). The van der Waals surface area contributed by atoms with Crippen molar-refractivity contribution in [3.8, 4) is 5.75 Å². The SMILES string of the molecule is CNC[C@@H]1CCCN(C(=O)CCOc2ccc(C)cc2C)C1. The molecule has 4 heteroatoms. The highest BCUT2D eigenvalue weighted by molar-refractivity contribution is 5.76. The van der Waals surface area contributed by atoms with Gasteiger partial charge in [-0.1, -0.05) is 17.7 Å². The molecule has 0 aliphatic carbocycles. The highest BCUT2D eigenvalue weighted by Gasteiger charge is 2.22. The highest BCUT2D eigenvalue weighted by atomic mass is 16.5. The van der Waals surface area contributed by atoms with E-state index in [-0.39, 0.29) is 5.91 Å². The average molecular weight is 304 g/mol. The standard InChI is InChI=1S/C18H28N2O2/c1-14-6-7-17(15(2)11-14)22-10-8-18(21)20-9-4-5-16(13-20)12-19-3/h6-7,11,16,19H,4-5,8-10,12-13H2,1-3H3/t16-/m0/s1. The second kappa shape index (κ2) is 8.18. The van der Waals surface area contributed by atoms with Gasteiger partial charge in [0, 0.05) is 13.1 Å². The van der Waals surface area contributed by atoms with Crippen LogP contribution < -0.4 is 10.1 Å². The summed E-state index contributed by atoms with van der Waals surface area (Å²) >= 11 is 0. The number of carbonyl (C=O) groups excluding carboxylic acids is 1. The van der Waals surface area contributed by atoms with E-state index >= 15 is 0 Å². The predicted molar refractivity (Wildman–Crippen MR) is 89.3 cm³/mol. The summed E-state index contributed by atoms with van der Waals surface area (Å²) in [5.74, 6) is 1.68. The van der Waals surface area contributed by atoms with Gasteiger partial charge in [0.2, 0.25) is 5.91 Å². The van der Waals surface area contributed by atoms with E-state index in [4.69, 9.17) is 4.74 Å². The molecule has 1 aromatic carbocycles. The molecule has 1 heterocycles. The van der Waals surface area contributed by atoms with Crippen LogP contribution in [0.5, 0.6) is 5.75 Å². The second-order valence-electron chi connectivity index (χ2n) is 6.27. The van der Waals surface area contributed by atoms with Crippen LogP contribution in [0.4, 0.5) is 0 Å². The first-order valence-corrected chi connectivity index (χ1v) is 8.22. The van der Waals surface area contributed by atoms with Gasteiger partial charge in [0.1, 0.15) is 5.75 Å². The lowest BCUT2D eigenvalue weighted by atomic mass is 9.98. The predicted octanol–water partition coefficient (Wildman–Crippen LogP) is 2.53. The van der Waals surface area contributed by atoms with E-state index in [0.29, 0.717) is 18.9 Å². The summed E-state index contributed by atoms with van der Waals surface area (Å²) in [6.07, 6.45) is 2.78. The fourth-order valence-corrected chi connectivity index (χ4v) is 3.11. The van der Waals surface area contributed by atoms with Crippen molar-refractivity contribution in [2.45, 2.75) is 33.1 Å². The summed E-state index contributed by atoms with van der Waals surface area (Å²) in [5, 5.41) is 3.21. The van der Waals surface area contributed by atoms with Gasteiger partial charge in [-0.05, 0) is 57.8 Å². The van der Waals surface area contributed by atoms with Crippen LogP contribution in [-0.4, -0.2) is 44.1 Å². The molecule has 1 saturated heterocycles. The fraction of sp³-hybridized carbons (Fsp3) is 0.611. The minimum absolute atomic E-state index is 0.213. The van der Waals surface area contributed by atoms with Gasteiger partial charge >= 0.3 is 0 Å². The fourth-order valence-electron chi connectivity index (χ4n) is 3.11. The van der Waals surface area contributed by atoms with Gasteiger partial charge in [0.05, 0.1) is 13.0 Å². The Bertz CT molecular complexity index is 500. The third kappa shape index (κ3) is 4.73. The molecule has 0 unspecified atom stereocenters. The molecule has 4 nitrogen and oxygen atoms in total. The van der Waals surface area contributed by atoms with E-state index in [9.17, 15) is 4.79 Å². The molecule has 1 aromatic rings. The number of hydrogen-bond donors (Lipinski definition) is 1. The van der Waals surface area contributed by atoms with E-state index in [1.54, 1.807) is 0 Å². The number of benzene rings is 1. The number of nitrogens with one attached hydrogen (secondary N) is 1. The number of piperidine rings is 1. The second-order valence-corrected chi connectivity index (χ2v) is 6.27. The molecule has 22 heavy (non-hydrogen) atoms. The number of ether oxygens (including phenoxy) is 1. The normalized spacial score (nSPS) is 18.3. The van der Waals surface area contributed by atoms with Crippen LogP contribution in [-0.2, 0) is 4.79 Å². The van der Waals surface area contributed by atoms with Crippen molar-refractivity contribution in [2.24, 2.45) is 5.92 Å². The van der Waals surface area contributed by atoms with Crippen molar-refractivity contribution in [1.29, 1.82) is 0 Å². The Morgan fingerprint density at radius 1 is 1.41 bits per heavy atom. The van der Waals surface area contributed by atoms with Gasteiger partial charge in [-0.15, -0.1) is 0 Å². The first kappa shape index (κ1) is 16.8. The maximum atomic E-state index is 12.3. The van der Waals surface area contributed by atoms with Gasteiger partial charge in [-0.2, -0.15) is 0 Å². The zero-order valence-corrected chi connectivity index (χ0v) is 14.0. The van der Waals surface area contributed by atoms with Crippen LogP contribution in [0.2, 0.25) is 0 Å². The maximum Gasteiger partial charge on any atom is 0.226 e. The van der Waals surface area contributed by atoms with Crippen LogP contribution in [0.25, 0.3) is 0 Å². The number of amides is 1. The summed E-state index contributed by atoms with van der Waals surface area (Å²) in [6.45, 7) is 7.32. The minimum Gasteiger partial charge on any atom is -0.493 e. The lowest BCUT2D eigenvalue weighted by molar-refractivity contribution is -0.133. The van der Waals surface area contributed by atoms with E-state index < -0.39 is 0 Å². The topological polar surface area (TPSA) is 41.6 Å². The summed E-state index contributed by atoms with van der Waals surface area (Å²) in [6, 6.07) is 6.13. The first-order valence-electron chi connectivity index (χ1n) is 8.22. The van der Waals surface area contributed by atoms with E-state index in [1.807, 2.05) is 31.0 Å². The number of rotatable bonds is 6. The van der Waals surface area contributed by atoms with Crippen LogP contribution in [0.3, 0.4) is 0 Å². The molecule has 0 spiro atoms.